The number of hydrogen-bond acceptors (Lipinski definition) is 5. The molecule has 0 fully saturated rings. The Morgan fingerprint density at radius 1 is 1.10 bits per heavy atom. The summed E-state index contributed by atoms with van der Waals surface area (Å²) in [6, 6.07) is 20.8. The van der Waals surface area contributed by atoms with Crippen LogP contribution in [-0.2, 0) is 13.1 Å². The van der Waals surface area contributed by atoms with Crippen LogP contribution in [0, 0.1) is 0 Å². The number of hydrogen-bond donors (Lipinski definition) is 2. The van der Waals surface area contributed by atoms with Crippen molar-refractivity contribution in [1.82, 2.24) is 5.43 Å². The number of nitrogens with zero attached hydrogens (tertiary/aromatic N) is 2. The Kier molecular flexibility index (Phi) is 5.66. The van der Waals surface area contributed by atoms with E-state index in [0.717, 1.165) is 18.8 Å². The maximum Gasteiger partial charge on any atom is 0.271 e. The minimum absolute atomic E-state index is 0.0687. The number of anilines is 1. The molecule has 3 aromatic carbocycles. The quantitative estimate of drug-likeness (QED) is 0.482. The molecule has 2 N–H and O–H groups in total. The van der Waals surface area contributed by atoms with Crippen molar-refractivity contribution < 1.29 is 14.6 Å². The maximum absolute atomic E-state index is 12.4. The van der Waals surface area contributed by atoms with Crippen molar-refractivity contribution in [3.63, 3.8) is 0 Å². The monoisotopic (exact) mass is 401 g/mol. The molecular formula is C24H23N3O3. The highest BCUT2D eigenvalue weighted by molar-refractivity contribution is 5.95. The van der Waals surface area contributed by atoms with Gasteiger partial charge in [0, 0.05) is 24.3 Å². The van der Waals surface area contributed by atoms with Crippen molar-refractivity contribution in [3.05, 3.63) is 89.0 Å². The Hall–Kier alpha value is -3.80. The van der Waals surface area contributed by atoms with E-state index in [2.05, 4.69) is 39.7 Å². The van der Waals surface area contributed by atoms with Crippen molar-refractivity contribution >= 4 is 17.8 Å². The van der Waals surface area contributed by atoms with E-state index >= 15 is 0 Å². The molecule has 0 saturated heterocycles. The second-order valence-corrected chi connectivity index (χ2v) is 7.03. The van der Waals surface area contributed by atoms with E-state index in [-0.39, 0.29) is 11.7 Å². The number of carbonyl (C=O) groups excluding carboxylic acids is 1. The van der Waals surface area contributed by atoms with E-state index < -0.39 is 0 Å². The lowest BCUT2D eigenvalue weighted by Crippen LogP contribution is -2.18. The van der Waals surface area contributed by atoms with Crippen LogP contribution in [0.2, 0.25) is 0 Å². The van der Waals surface area contributed by atoms with Crippen molar-refractivity contribution in [3.8, 4) is 11.5 Å². The molecule has 1 amide bonds. The van der Waals surface area contributed by atoms with Gasteiger partial charge in [-0.15, -0.1) is 0 Å². The SMILES string of the molecule is CCOc1cc(/C=N\NC(=O)c2ccc(N3Cc4ccccc4C3)cc2)ccc1O. The summed E-state index contributed by atoms with van der Waals surface area (Å²) in [7, 11) is 0. The largest absolute Gasteiger partial charge is 0.504 e. The molecule has 30 heavy (non-hydrogen) atoms. The van der Waals surface area contributed by atoms with E-state index in [1.807, 2.05) is 19.1 Å². The van der Waals surface area contributed by atoms with Crippen molar-refractivity contribution in [2.24, 2.45) is 5.10 Å². The Morgan fingerprint density at radius 3 is 2.47 bits per heavy atom. The number of nitrogens with one attached hydrogen (secondary N) is 1. The Morgan fingerprint density at radius 2 is 1.80 bits per heavy atom. The molecule has 4 rings (SSSR count). The molecule has 6 nitrogen and oxygen atoms in total. The number of aromatic hydroxyl groups is 1. The van der Waals surface area contributed by atoms with Gasteiger partial charge in [0.15, 0.2) is 11.5 Å². The summed E-state index contributed by atoms with van der Waals surface area (Å²) in [4.78, 5) is 14.6. The van der Waals surface area contributed by atoms with Gasteiger partial charge in [-0.05, 0) is 66.1 Å². The van der Waals surface area contributed by atoms with Crippen molar-refractivity contribution in [2.45, 2.75) is 20.0 Å². The highest BCUT2D eigenvalue weighted by atomic mass is 16.5. The van der Waals surface area contributed by atoms with Gasteiger partial charge in [0.25, 0.3) is 5.91 Å². The zero-order valence-corrected chi connectivity index (χ0v) is 16.7. The van der Waals surface area contributed by atoms with Crippen LogP contribution in [0.15, 0.2) is 71.8 Å². The van der Waals surface area contributed by atoms with Crippen molar-refractivity contribution in [1.29, 1.82) is 0 Å². The molecule has 1 aliphatic heterocycles. The lowest BCUT2D eigenvalue weighted by molar-refractivity contribution is 0.0955. The molecular weight excluding hydrogens is 378 g/mol. The molecule has 1 heterocycles. The molecule has 0 saturated carbocycles. The van der Waals surface area contributed by atoms with Gasteiger partial charge >= 0.3 is 0 Å². The molecule has 6 heteroatoms. The Labute approximate surface area is 175 Å². The van der Waals surface area contributed by atoms with Crippen molar-refractivity contribution in [2.75, 3.05) is 11.5 Å². The van der Waals surface area contributed by atoms with Gasteiger partial charge in [-0.1, -0.05) is 24.3 Å². The first-order chi connectivity index (χ1) is 14.6. The van der Waals surface area contributed by atoms with Crippen LogP contribution >= 0.6 is 0 Å². The summed E-state index contributed by atoms with van der Waals surface area (Å²) in [6.45, 7) is 4.05. The Balaban J connectivity index is 1.36. The molecule has 0 aromatic heterocycles. The third-order valence-corrected chi connectivity index (χ3v) is 5.00. The topological polar surface area (TPSA) is 74.2 Å². The first kappa shape index (κ1) is 19.5. The number of rotatable bonds is 6. The van der Waals surface area contributed by atoms with Crippen LogP contribution in [0.4, 0.5) is 5.69 Å². The van der Waals surface area contributed by atoms with Crippen LogP contribution in [0.1, 0.15) is 34.0 Å². The minimum Gasteiger partial charge on any atom is -0.504 e. The number of ether oxygens (including phenoxy) is 1. The number of hydrazone groups is 1. The summed E-state index contributed by atoms with van der Waals surface area (Å²) in [5.41, 5.74) is 7.54. The van der Waals surface area contributed by atoms with Gasteiger partial charge < -0.3 is 14.7 Å². The van der Waals surface area contributed by atoms with Gasteiger partial charge in [-0.3, -0.25) is 4.79 Å². The molecule has 152 valence electrons. The molecule has 0 atom stereocenters. The molecule has 0 unspecified atom stereocenters. The van der Waals surface area contributed by atoms with E-state index in [1.54, 1.807) is 24.3 Å². The first-order valence-electron chi connectivity index (χ1n) is 9.85. The third kappa shape index (κ3) is 4.27. The zero-order valence-electron chi connectivity index (χ0n) is 16.7. The third-order valence-electron chi connectivity index (χ3n) is 5.00. The van der Waals surface area contributed by atoms with Gasteiger partial charge in [0.05, 0.1) is 12.8 Å². The standard InChI is InChI=1S/C24H23N3O3/c1-2-30-23-13-17(7-12-22(23)28)14-25-26-24(29)18-8-10-21(11-9-18)27-15-19-5-3-4-6-20(19)16-27/h3-14,28H,2,15-16H2,1H3,(H,26,29)/b25-14-. The molecule has 0 bridgehead atoms. The fourth-order valence-electron chi connectivity index (χ4n) is 3.45. The van der Waals surface area contributed by atoms with Gasteiger partial charge in [-0.2, -0.15) is 5.10 Å². The predicted octanol–water partition coefficient (Wildman–Crippen LogP) is 4.08. The van der Waals surface area contributed by atoms with E-state index in [0.29, 0.717) is 23.5 Å². The second-order valence-electron chi connectivity index (χ2n) is 7.03. The summed E-state index contributed by atoms with van der Waals surface area (Å²) in [5, 5.41) is 13.7. The molecule has 0 aliphatic carbocycles. The van der Waals surface area contributed by atoms with Crippen LogP contribution in [0.25, 0.3) is 0 Å². The lowest BCUT2D eigenvalue weighted by Gasteiger charge is -2.17. The highest BCUT2D eigenvalue weighted by Crippen LogP contribution is 2.28. The highest BCUT2D eigenvalue weighted by Gasteiger charge is 2.18. The lowest BCUT2D eigenvalue weighted by atomic mass is 10.1. The predicted molar refractivity (Wildman–Crippen MR) is 117 cm³/mol. The van der Waals surface area contributed by atoms with Crippen LogP contribution < -0.4 is 15.1 Å². The number of phenols is 1. The minimum atomic E-state index is -0.286. The molecule has 0 spiro atoms. The van der Waals surface area contributed by atoms with E-state index in [9.17, 15) is 9.90 Å². The Bertz CT molecular complexity index is 1050. The van der Waals surface area contributed by atoms with E-state index in [4.69, 9.17) is 4.74 Å². The number of carbonyl (C=O) groups is 1. The molecule has 0 radical (unpaired) electrons. The summed E-state index contributed by atoms with van der Waals surface area (Å²) < 4.78 is 5.35. The fourth-order valence-corrected chi connectivity index (χ4v) is 3.45. The fraction of sp³-hybridized carbons (Fsp3) is 0.167. The summed E-state index contributed by atoms with van der Waals surface area (Å²) >= 11 is 0. The normalized spacial score (nSPS) is 12.8. The van der Waals surface area contributed by atoms with Crippen LogP contribution in [0.3, 0.4) is 0 Å². The van der Waals surface area contributed by atoms with Crippen LogP contribution in [-0.4, -0.2) is 23.8 Å². The molecule has 1 aliphatic rings. The number of phenolic OH excluding ortho intramolecular Hbond substituents is 1. The zero-order chi connectivity index (χ0) is 20.9. The summed E-state index contributed by atoms with van der Waals surface area (Å²) in [6.07, 6.45) is 1.51. The average Bonchev–Trinajstić information content (AvgIpc) is 3.20. The molecule has 3 aromatic rings. The van der Waals surface area contributed by atoms with Crippen LogP contribution in [0.5, 0.6) is 11.5 Å². The van der Waals surface area contributed by atoms with Gasteiger partial charge in [0.2, 0.25) is 0 Å². The maximum atomic E-state index is 12.4. The number of fused-ring (bicyclic) bond motifs is 1. The summed E-state index contributed by atoms with van der Waals surface area (Å²) in [5.74, 6) is 0.165. The second kappa shape index (κ2) is 8.69. The van der Waals surface area contributed by atoms with E-state index in [1.165, 1.54) is 23.4 Å². The smallest absolute Gasteiger partial charge is 0.271 e. The van der Waals surface area contributed by atoms with Gasteiger partial charge in [0.1, 0.15) is 0 Å². The number of amides is 1. The van der Waals surface area contributed by atoms with Gasteiger partial charge in [-0.25, -0.2) is 5.43 Å². The number of benzene rings is 3. The average molecular weight is 401 g/mol. The first-order valence-corrected chi connectivity index (χ1v) is 9.85.